The number of ether oxygens (including phenoxy) is 1. The van der Waals surface area contributed by atoms with Gasteiger partial charge in [0.1, 0.15) is 5.75 Å². The third-order valence-corrected chi connectivity index (χ3v) is 3.18. The van der Waals surface area contributed by atoms with E-state index in [2.05, 4.69) is 0 Å². The number of rotatable bonds is 5. The Bertz CT molecular complexity index is 531. The fraction of sp³-hybridized carbons (Fsp3) is 0.250. The minimum Gasteiger partial charge on any atom is -0.496 e. The molecule has 0 aliphatic rings. The van der Waals surface area contributed by atoms with Crippen molar-refractivity contribution >= 4 is 12.4 Å². The molecule has 1 unspecified atom stereocenters. The second kappa shape index (κ2) is 7.90. The van der Waals surface area contributed by atoms with Crippen LogP contribution in [0.5, 0.6) is 5.75 Å². The number of hydrogen-bond donors (Lipinski definition) is 2. The largest absolute Gasteiger partial charge is 0.496 e. The summed E-state index contributed by atoms with van der Waals surface area (Å²) in [7, 11) is 1.66. The monoisotopic (exact) mass is 293 g/mol. The van der Waals surface area contributed by atoms with Gasteiger partial charge in [-0.2, -0.15) is 0 Å². The van der Waals surface area contributed by atoms with Gasteiger partial charge in [-0.15, -0.1) is 12.4 Å². The molecule has 3 N–H and O–H groups in total. The summed E-state index contributed by atoms with van der Waals surface area (Å²) in [5, 5.41) is 8.95. The van der Waals surface area contributed by atoms with Crippen LogP contribution in [0.3, 0.4) is 0 Å². The number of aliphatic hydroxyl groups is 1. The number of nitrogens with two attached hydrogens (primary N) is 1. The van der Waals surface area contributed by atoms with Crippen molar-refractivity contribution in [3.05, 3.63) is 54.1 Å². The maximum Gasteiger partial charge on any atom is 0.127 e. The fourth-order valence-electron chi connectivity index (χ4n) is 2.10. The lowest BCUT2D eigenvalue weighted by Crippen LogP contribution is -2.12. The van der Waals surface area contributed by atoms with Gasteiger partial charge in [0, 0.05) is 18.2 Å². The van der Waals surface area contributed by atoms with Gasteiger partial charge in [-0.05, 0) is 23.6 Å². The van der Waals surface area contributed by atoms with Crippen molar-refractivity contribution in [2.75, 3.05) is 13.7 Å². The summed E-state index contributed by atoms with van der Waals surface area (Å²) in [6.45, 7) is 0.0872. The molecule has 0 fully saturated rings. The molecule has 2 aromatic carbocycles. The van der Waals surface area contributed by atoms with Crippen molar-refractivity contribution in [1.29, 1.82) is 0 Å². The van der Waals surface area contributed by atoms with E-state index in [-0.39, 0.29) is 25.1 Å². The van der Waals surface area contributed by atoms with E-state index >= 15 is 0 Å². The van der Waals surface area contributed by atoms with Gasteiger partial charge in [-0.1, -0.05) is 42.5 Å². The first kappa shape index (κ1) is 16.5. The summed E-state index contributed by atoms with van der Waals surface area (Å²) in [6.07, 6.45) is 0.549. The highest BCUT2D eigenvalue weighted by molar-refractivity contribution is 5.85. The van der Waals surface area contributed by atoms with Crippen LogP contribution in [0.4, 0.5) is 0 Å². The minimum atomic E-state index is -0.163. The van der Waals surface area contributed by atoms with E-state index in [0.717, 1.165) is 22.4 Å². The van der Waals surface area contributed by atoms with Gasteiger partial charge in [0.05, 0.1) is 7.11 Å². The van der Waals surface area contributed by atoms with E-state index in [9.17, 15) is 0 Å². The zero-order valence-corrected chi connectivity index (χ0v) is 12.3. The summed E-state index contributed by atoms with van der Waals surface area (Å²) in [5.74, 6) is 0.803. The molecule has 0 saturated carbocycles. The number of halogens is 1. The summed E-state index contributed by atoms with van der Waals surface area (Å²) in [6, 6.07) is 15.9. The lowest BCUT2D eigenvalue weighted by atomic mass is 9.98. The second-order valence-electron chi connectivity index (χ2n) is 4.44. The van der Waals surface area contributed by atoms with Crippen LogP contribution in [0, 0.1) is 0 Å². The van der Waals surface area contributed by atoms with Gasteiger partial charge in [-0.25, -0.2) is 0 Å². The number of hydrogen-bond acceptors (Lipinski definition) is 3. The highest BCUT2D eigenvalue weighted by atomic mass is 35.5. The van der Waals surface area contributed by atoms with E-state index in [1.165, 1.54) is 0 Å². The zero-order valence-electron chi connectivity index (χ0n) is 11.5. The molecule has 0 saturated heterocycles. The molecular formula is C16H20ClNO2. The number of methoxy groups -OCH3 is 1. The number of benzene rings is 2. The van der Waals surface area contributed by atoms with Crippen molar-refractivity contribution in [3.63, 3.8) is 0 Å². The molecule has 20 heavy (non-hydrogen) atoms. The van der Waals surface area contributed by atoms with Crippen molar-refractivity contribution in [1.82, 2.24) is 0 Å². The average Bonchev–Trinajstić information content (AvgIpc) is 2.47. The zero-order chi connectivity index (χ0) is 13.7. The predicted molar refractivity (Wildman–Crippen MR) is 84.3 cm³/mol. The topological polar surface area (TPSA) is 55.5 Å². The first-order chi connectivity index (χ1) is 9.26. The van der Waals surface area contributed by atoms with Gasteiger partial charge >= 0.3 is 0 Å². The molecule has 0 bridgehead atoms. The molecule has 3 nitrogen and oxygen atoms in total. The van der Waals surface area contributed by atoms with Crippen molar-refractivity contribution in [2.24, 2.45) is 5.73 Å². The molecule has 1 atom stereocenters. The average molecular weight is 294 g/mol. The van der Waals surface area contributed by atoms with E-state index in [4.69, 9.17) is 15.6 Å². The Morgan fingerprint density at radius 1 is 1.15 bits per heavy atom. The molecular weight excluding hydrogens is 274 g/mol. The highest BCUT2D eigenvalue weighted by Gasteiger charge is 2.10. The fourth-order valence-corrected chi connectivity index (χ4v) is 2.10. The van der Waals surface area contributed by atoms with Crippen LogP contribution < -0.4 is 10.5 Å². The van der Waals surface area contributed by atoms with E-state index in [1.807, 2.05) is 48.5 Å². The molecule has 0 aliphatic heterocycles. The third kappa shape index (κ3) is 3.73. The molecule has 108 valence electrons. The molecule has 0 aromatic heterocycles. The summed E-state index contributed by atoms with van der Waals surface area (Å²) in [5.41, 5.74) is 9.14. The molecule has 2 aromatic rings. The van der Waals surface area contributed by atoms with Gasteiger partial charge in [0.2, 0.25) is 0 Å². The molecule has 2 rings (SSSR count). The lowest BCUT2D eigenvalue weighted by Gasteiger charge is -2.15. The predicted octanol–water partition coefficient (Wildman–Crippen LogP) is 3.17. The van der Waals surface area contributed by atoms with Crippen LogP contribution in [-0.4, -0.2) is 18.8 Å². The van der Waals surface area contributed by atoms with Crippen LogP contribution in [0.2, 0.25) is 0 Å². The molecule has 4 heteroatoms. The standard InChI is InChI=1S/C16H19NO2.ClH/c1-19-16-11-13(15(17)9-10-18)7-8-14(16)12-5-3-2-4-6-12;/h2-8,11,15,18H,9-10,17H2,1H3;1H. The van der Waals surface area contributed by atoms with Crippen molar-refractivity contribution < 1.29 is 9.84 Å². The lowest BCUT2D eigenvalue weighted by molar-refractivity contribution is 0.276. The van der Waals surface area contributed by atoms with Gasteiger partial charge in [-0.3, -0.25) is 0 Å². The first-order valence-corrected chi connectivity index (χ1v) is 6.36. The summed E-state index contributed by atoms with van der Waals surface area (Å²) in [4.78, 5) is 0. The van der Waals surface area contributed by atoms with Crippen LogP contribution in [0.25, 0.3) is 11.1 Å². The Balaban J connectivity index is 0.00000200. The Hall–Kier alpha value is -1.55. The minimum absolute atomic E-state index is 0. The van der Waals surface area contributed by atoms with Crippen LogP contribution >= 0.6 is 12.4 Å². The Labute approximate surface area is 125 Å². The SMILES string of the molecule is COc1cc(C(N)CCO)ccc1-c1ccccc1.Cl. The maximum absolute atomic E-state index is 8.95. The van der Waals surface area contributed by atoms with E-state index in [0.29, 0.717) is 6.42 Å². The van der Waals surface area contributed by atoms with Gasteiger partial charge < -0.3 is 15.6 Å². The Morgan fingerprint density at radius 3 is 2.45 bits per heavy atom. The molecule has 0 spiro atoms. The van der Waals surface area contributed by atoms with Crippen LogP contribution in [0.15, 0.2) is 48.5 Å². The Morgan fingerprint density at radius 2 is 1.85 bits per heavy atom. The smallest absolute Gasteiger partial charge is 0.127 e. The van der Waals surface area contributed by atoms with Crippen LogP contribution in [-0.2, 0) is 0 Å². The van der Waals surface area contributed by atoms with E-state index in [1.54, 1.807) is 7.11 Å². The summed E-state index contributed by atoms with van der Waals surface area (Å²) < 4.78 is 5.45. The maximum atomic E-state index is 8.95. The van der Waals surface area contributed by atoms with Crippen molar-refractivity contribution in [3.8, 4) is 16.9 Å². The van der Waals surface area contributed by atoms with E-state index < -0.39 is 0 Å². The normalized spacial score (nSPS) is 11.6. The molecule has 0 aliphatic carbocycles. The van der Waals surface area contributed by atoms with Gasteiger partial charge in [0.25, 0.3) is 0 Å². The Kier molecular flexibility index (Phi) is 6.52. The molecule has 0 radical (unpaired) electrons. The second-order valence-corrected chi connectivity index (χ2v) is 4.44. The van der Waals surface area contributed by atoms with Gasteiger partial charge in [0.15, 0.2) is 0 Å². The quantitative estimate of drug-likeness (QED) is 0.890. The van der Waals surface area contributed by atoms with Crippen molar-refractivity contribution in [2.45, 2.75) is 12.5 Å². The summed E-state index contributed by atoms with van der Waals surface area (Å²) >= 11 is 0. The third-order valence-electron chi connectivity index (χ3n) is 3.18. The molecule has 0 amide bonds. The molecule has 0 heterocycles. The first-order valence-electron chi connectivity index (χ1n) is 6.36. The number of aliphatic hydroxyl groups excluding tert-OH is 1. The van der Waals surface area contributed by atoms with Crippen LogP contribution in [0.1, 0.15) is 18.0 Å². The highest BCUT2D eigenvalue weighted by Crippen LogP contribution is 2.32.